The van der Waals surface area contributed by atoms with Gasteiger partial charge in [-0.1, -0.05) is 0 Å². The lowest BCUT2D eigenvalue weighted by molar-refractivity contribution is -0.130. The van der Waals surface area contributed by atoms with Gasteiger partial charge in [-0.25, -0.2) is 0 Å². The first-order valence-corrected chi connectivity index (χ1v) is 3.54. The highest BCUT2D eigenvalue weighted by Crippen LogP contribution is 2.15. The predicted octanol–water partition coefficient (Wildman–Crippen LogP) is 0.196. The quantitative estimate of drug-likeness (QED) is 0.515. The molecule has 0 bridgehead atoms. The van der Waals surface area contributed by atoms with Crippen LogP contribution in [0.5, 0.6) is 0 Å². The molecule has 0 aliphatic carbocycles. The maximum atomic E-state index is 10.9. The van der Waals surface area contributed by atoms with Gasteiger partial charge in [-0.3, -0.25) is 4.79 Å². The Morgan fingerprint density at radius 1 is 1.80 bits per heavy atom. The molecule has 3 heteroatoms. The molecule has 0 spiro atoms. The molecule has 1 rings (SSSR count). The summed E-state index contributed by atoms with van der Waals surface area (Å²) in [5, 5.41) is 0. The minimum Gasteiger partial charge on any atom is -0.333 e. The number of nitrogens with zero attached hydrogens (tertiary/aromatic N) is 1. The molecule has 3 nitrogen and oxygen atoms in total. The molecule has 1 aliphatic rings. The smallest absolute Gasteiger partial charge is 0.223 e. The topological polar surface area (TPSA) is 37.4 Å². The molecule has 1 saturated heterocycles. The zero-order chi connectivity index (χ0) is 7.56. The van der Waals surface area contributed by atoms with Crippen molar-refractivity contribution >= 4 is 12.2 Å². The average molecular weight is 141 g/mol. The second-order valence-corrected chi connectivity index (χ2v) is 2.42. The Bertz CT molecular complexity index is 156. The minimum absolute atomic E-state index is 0.111. The van der Waals surface area contributed by atoms with Gasteiger partial charge in [0, 0.05) is 13.0 Å². The molecule has 0 saturated carbocycles. The molecule has 1 aliphatic heterocycles. The van der Waals surface area contributed by atoms with Gasteiger partial charge in [-0.2, -0.15) is 0 Å². The highest BCUT2D eigenvalue weighted by atomic mass is 16.2. The number of amides is 1. The monoisotopic (exact) mass is 141 g/mol. The van der Waals surface area contributed by atoms with Crippen LogP contribution in [0.4, 0.5) is 0 Å². The van der Waals surface area contributed by atoms with Crippen LogP contribution in [0, 0.1) is 0 Å². The van der Waals surface area contributed by atoms with Crippen molar-refractivity contribution in [3.63, 3.8) is 0 Å². The Hall–Kier alpha value is -0.860. The summed E-state index contributed by atoms with van der Waals surface area (Å²) in [6, 6.07) is -0.141. The summed E-state index contributed by atoms with van der Waals surface area (Å²) in [4.78, 5) is 22.9. The van der Waals surface area contributed by atoms with Crippen molar-refractivity contribution in [1.29, 1.82) is 0 Å². The van der Waals surface area contributed by atoms with Crippen LogP contribution in [-0.4, -0.2) is 29.7 Å². The maximum Gasteiger partial charge on any atom is 0.223 e. The molecule has 0 radical (unpaired) electrons. The molecule has 1 fully saturated rings. The van der Waals surface area contributed by atoms with Gasteiger partial charge in [0.05, 0.1) is 6.04 Å². The summed E-state index contributed by atoms with van der Waals surface area (Å²) >= 11 is 0. The van der Waals surface area contributed by atoms with E-state index in [0.717, 1.165) is 6.29 Å². The van der Waals surface area contributed by atoms with Gasteiger partial charge in [-0.15, -0.1) is 0 Å². The van der Waals surface area contributed by atoms with Crippen molar-refractivity contribution in [3.05, 3.63) is 0 Å². The largest absolute Gasteiger partial charge is 0.333 e. The van der Waals surface area contributed by atoms with Crippen LogP contribution in [0.1, 0.15) is 19.8 Å². The van der Waals surface area contributed by atoms with E-state index in [9.17, 15) is 9.59 Å². The number of likely N-dealkylation sites (tertiary alicyclic amines) is 1. The van der Waals surface area contributed by atoms with E-state index in [1.807, 2.05) is 6.92 Å². The zero-order valence-corrected chi connectivity index (χ0v) is 6.04. The van der Waals surface area contributed by atoms with Crippen molar-refractivity contribution in [1.82, 2.24) is 4.90 Å². The molecule has 0 aromatic rings. The van der Waals surface area contributed by atoms with Crippen molar-refractivity contribution in [2.45, 2.75) is 25.8 Å². The number of carbonyl (C=O) groups excluding carboxylic acids is 2. The van der Waals surface area contributed by atoms with E-state index in [-0.39, 0.29) is 11.9 Å². The summed E-state index contributed by atoms with van der Waals surface area (Å²) in [6.45, 7) is 2.54. The van der Waals surface area contributed by atoms with Crippen LogP contribution in [0.2, 0.25) is 0 Å². The molecule has 1 amide bonds. The van der Waals surface area contributed by atoms with Crippen molar-refractivity contribution in [2.24, 2.45) is 0 Å². The Labute approximate surface area is 60.0 Å². The molecule has 56 valence electrons. The number of likely N-dealkylation sites (N-methyl/N-ethyl adjacent to an activating group) is 1. The van der Waals surface area contributed by atoms with E-state index >= 15 is 0 Å². The molecule has 1 atom stereocenters. The van der Waals surface area contributed by atoms with E-state index in [1.165, 1.54) is 0 Å². The van der Waals surface area contributed by atoms with E-state index in [2.05, 4.69) is 0 Å². The molecular formula is C7H11NO2. The number of carbonyl (C=O) groups is 2. The van der Waals surface area contributed by atoms with Gasteiger partial charge in [0.15, 0.2) is 0 Å². The maximum absolute atomic E-state index is 10.9. The first-order valence-electron chi connectivity index (χ1n) is 3.54. The van der Waals surface area contributed by atoms with Gasteiger partial charge in [0.25, 0.3) is 0 Å². The molecule has 0 aromatic carbocycles. The normalized spacial score (nSPS) is 25.5. The summed E-state index contributed by atoms with van der Waals surface area (Å²) in [6.07, 6.45) is 2.10. The summed E-state index contributed by atoms with van der Waals surface area (Å²) in [5.74, 6) is 0.111. The van der Waals surface area contributed by atoms with Gasteiger partial charge in [-0.05, 0) is 13.3 Å². The summed E-state index contributed by atoms with van der Waals surface area (Å²) in [5.41, 5.74) is 0. The third-order valence-corrected chi connectivity index (χ3v) is 1.87. The number of hydrogen-bond acceptors (Lipinski definition) is 2. The Balaban J connectivity index is 2.62. The van der Waals surface area contributed by atoms with Crippen LogP contribution in [-0.2, 0) is 9.59 Å². The van der Waals surface area contributed by atoms with Crippen molar-refractivity contribution in [2.75, 3.05) is 6.54 Å². The molecule has 0 unspecified atom stereocenters. The SMILES string of the molecule is CCN1C(=O)CC[C@@H]1C=O. The van der Waals surface area contributed by atoms with Gasteiger partial charge in [0.1, 0.15) is 6.29 Å². The first-order chi connectivity index (χ1) is 4.79. The second kappa shape index (κ2) is 2.82. The molecule has 0 N–H and O–H groups in total. The van der Waals surface area contributed by atoms with E-state index in [1.54, 1.807) is 4.90 Å². The third kappa shape index (κ3) is 1.03. The fraction of sp³-hybridized carbons (Fsp3) is 0.714. The third-order valence-electron chi connectivity index (χ3n) is 1.87. The molecule has 1 heterocycles. The van der Waals surface area contributed by atoms with Crippen LogP contribution in [0.25, 0.3) is 0 Å². The lowest BCUT2D eigenvalue weighted by Crippen LogP contribution is -2.33. The van der Waals surface area contributed by atoms with Crippen LogP contribution >= 0.6 is 0 Å². The summed E-state index contributed by atoms with van der Waals surface area (Å²) < 4.78 is 0. The van der Waals surface area contributed by atoms with Crippen LogP contribution in [0.3, 0.4) is 0 Å². The van der Waals surface area contributed by atoms with Gasteiger partial charge >= 0.3 is 0 Å². The number of rotatable bonds is 2. The van der Waals surface area contributed by atoms with Crippen LogP contribution in [0.15, 0.2) is 0 Å². The number of aldehydes is 1. The first kappa shape index (κ1) is 7.25. The molecule has 0 aromatic heterocycles. The molecule has 10 heavy (non-hydrogen) atoms. The fourth-order valence-electron chi connectivity index (χ4n) is 1.31. The standard InChI is InChI=1S/C7H11NO2/c1-2-8-6(5-9)3-4-7(8)10/h5-6H,2-4H2,1H3/t6-/m1/s1. The fourth-order valence-corrected chi connectivity index (χ4v) is 1.31. The predicted molar refractivity (Wildman–Crippen MR) is 36.5 cm³/mol. The molecular weight excluding hydrogens is 130 g/mol. The summed E-state index contributed by atoms with van der Waals surface area (Å²) in [7, 11) is 0. The number of hydrogen-bond donors (Lipinski definition) is 0. The zero-order valence-electron chi connectivity index (χ0n) is 6.04. The Morgan fingerprint density at radius 3 is 2.90 bits per heavy atom. The Kier molecular flexibility index (Phi) is 2.04. The van der Waals surface area contributed by atoms with Crippen molar-refractivity contribution in [3.8, 4) is 0 Å². The van der Waals surface area contributed by atoms with Gasteiger partial charge < -0.3 is 9.69 Å². The lowest BCUT2D eigenvalue weighted by atomic mass is 10.2. The van der Waals surface area contributed by atoms with E-state index in [0.29, 0.717) is 19.4 Å². The van der Waals surface area contributed by atoms with E-state index < -0.39 is 0 Å². The van der Waals surface area contributed by atoms with E-state index in [4.69, 9.17) is 0 Å². The van der Waals surface area contributed by atoms with Crippen LogP contribution < -0.4 is 0 Å². The highest BCUT2D eigenvalue weighted by Gasteiger charge is 2.28. The van der Waals surface area contributed by atoms with Gasteiger partial charge in [0.2, 0.25) is 5.91 Å². The highest BCUT2D eigenvalue weighted by molar-refractivity contribution is 5.83. The average Bonchev–Trinajstić information content (AvgIpc) is 2.30. The van der Waals surface area contributed by atoms with Crippen molar-refractivity contribution < 1.29 is 9.59 Å². The lowest BCUT2D eigenvalue weighted by Gasteiger charge is -2.17. The minimum atomic E-state index is -0.141. The Morgan fingerprint density at radius 2 is 2.50 bits per heavy atom. The second-order valence-electron chi connectivity index (χ2n) is 2.42.